The summed E-state index contributed by atoms with van der Waals surface area (Å²) in [6, 6.07) is 2.99. The third-order valence-corrected chi connectivity index (χ3v) is 6.57. The van der Waals surface area contributed by atoms with Crippen molar-refractivity contribution in [3.8, 4) is 0 Å². The number of anilines is 1. The minimum Gasteiger partial charge on any atom is -0.364 e. The summed E-state index contributed by atoms with van der Waals surface area (Å²) in [5.74, 6) is -1.63. The maximum atomic E-state index is 11.4. The second kappa shape index (κ2) is 15.9. The molecular formula is C24H36ClN7O4S. The first kappa shape index (κ1) is 31.9. The summed E-state index contributed by atoms with van der Waals surface area (Å²) in [4.78, 5) is 56.3. The number of thiazole rings is 1. The predicted octanol–water partition coefficient (Wildman–Crippen LogP) is 2.29. The number of nitrogens with one attached hydrogen (secondary N) is 1. The number of pyridine rings is 1. The van der Waals surface area contributed by atoms with Crippen LogP contribution in [0.2, 0.25) is 5.02 Å². The predicted molar refractivity (Wildman–Crippen MR) is 145 cm³/mol. The molecule has 0 saturated heterocycles. The first-order chi connectivity index (χ1) is 17.4. The topological polar surface area (TPSA) is 165 Å². The van der Waals surface area contributed by atoms with Crippen molar-refractivity contribution in [2.75, 3.05) is 33.0 Å². The van der Waals surface area contributed by atoms with Crippen LogP contribution in [0.25, 0.3) is 0 Å². The number of aromatic nitrogens is 2. The summed E-state index contributed by atoms with van der Waals surface area (Å²) in [5, 5.41) is 3.07. The van der Waals surface area contributed by atoms with Crippen molar-refractivity contribution in [3.05, 3.63) is 38.9 Å². The number of nitrogens with zero attached hydrogens (tertiary/aromatic N) is 4. The van der Waals surface area contributed by atoms with E-state index in [0.29, 0.717) is 10.0 Å². The molecule has 0 aliphatic carbocycles. The second-order valence-corrected chi connectivity index (χ2v) is 10.1. The highest BCUT2D eigenvalue weighted by molar-refractivity contribution is 7.13. The maximum Gasteiger partial charge on any atom is 0.314 e. The molecule has 0 saturated carbocycles. The Bertz CT molecular complexity index is 1060. The third kappa shape index (κ3) is 11.2. The van der Waals surface area contributed by atoms with Crippen LogP contribution in [0.1, 0.15) is 53.5 Å². The fourth-order valence-electron chi connectivity index (χ4n) is 3.27. The number of primary amides is 2. The number of rotatable bonds is 6. The first-order valence-corrected chi connectivity index (χ1v) is 13.0. The van der Waals surface area contributed by atoms with Gasteiger partial charge >= 0.3 is 11.8 Å². The zero-order valence-corrected chi connectivity index (χ0v) is 23.5. The minimum absolute atomic E-state index is 0.230. The van der Waals surface area contributed by atoms with E-state index in [0.717, 1.165) is 44.5 Å². The number of halogens is 1. The molecule has 5 N–H and O–H groups in total. The largest absolute Gasteiger partial charge is 0.364 e. The van der Waals surface area contributed by atoms with Gasteiger partial charge in [-0.1, -0.05) is 31.9 Å². The van der Waals surface area contributed by atoms with Crippen LogP contribution in [0.15, 0.2) is 18.3 Å². The summed E-state index contributed by atoms with van der Waals surface area (Å²) in [7, 11) is 5.70. The van der Waals surface area contributed by atoms with E-state index in [-0.39, 0.29) is 17.6 Å². The van der Waals surface area contributed by atoms with Gasteiger partial charge in [-0.05, 0) is 32.0 Å². The second-order valence-electron chi connectivity index (χ2n) is 8.55. The molecule has 204 valence electrons. The maximum absolute atomic E-state index is 11.4. The third-order valence-electron chi connectivity index (χ3n) is 5.25. The molecule has 4 amide bonds. The highest BCUT2D eigenvalue weighted by atomic mass is 35.5. The number of hydrogen-bond acceptors (Lipinski definition) is 8. The van der Waals surface area contributed by atoms with Crippen molar-refractivity contribution in [1.82, 2.24) is 19.8 Å². The molecule has 13 heteroatoms. The van der Waals surface area contributed by atoms with Gasteiger partial charge in [0.15, 0.2) is 5.01 Å². The van der Waals surface area contributed by atoms with E-state index in [2.05, 4.69) is 41.1 Å². The number of carbonyl (C=O) groups excluding carboxylic acids is 4. The number of fused-ring (bicyclic) bond motifs is 1. The Labute approximate surface area is 226 Å². The molecule has 0 spiro atoms. The lowest BCUT2D eigenvalue weighted by Gasteiger charge is -2.20. The Balaban J connectivity index is 0.000000279. The Hall–Kier alpha value is -3.09. The molecule has 11 nitrogen and oxygen atoms in total. The van der Waals surface area contributed by atoms with E-state index < -0.39 is 17.7 Å². The van der Waals surface area contributed by atoms with Gasteiger partial charge in [0.1, 0.15) is 5.82 Å². The molecule has 1 aliphatic rings. The summed E-state index contributed by atoms with van der Waals surface area (Å²) < 4.78 is 0. The molecule has 1 aliphatic heterocycles. The molecule has 3 heterocycles. The minimum atomic E-state index is -1.06. The molecular weight excluding hydrogens is 518 g/mol. The lowest BCUT2D eigenvalue weighted by Crippen LogP contribution is -2.29. The van der Waals surface area contributed by atoms with Gasteiger partial charge in [0, 0.05) is 50.6 Å². The van der Waals surface area contributed by atoms with Crippen molar-refractivity contribution in [2.45, 2.75) is 46.1 Å². The van der Waals surface area contributed by atoms with Crippen LogP contribution in [0.3, 0.4) is 0 Å². The van der Waals surface area contributed by atoms with Crippen LogP contribution < -0.4 is 16.8 Å². The van der Waals surface area contributed by atoms with E-state index in [9.17, 15) is 19.2 Å². The Morgan fingerprint density at radius 2 is 1.89 bits per heavy atom. The number of carbonyl (C=O) groups is 4. The zero-order chi connectivity index (χ0) is 28.1. The van der Waals surface area contributed by atoms with Crippen LogP contribution >= 0.6 is 22.9 Å². The Morgan fingerprint density at radius 3 is 2.38 bits per heavy atom. The molecule has 3 rings (SSSR count). The van der Waals surface area contributed by atoms with Gasteiger partial charge in [0.2, 0.25) is 5.91 Å². The fraction of sp³-hybridized carbons (Fsp3) is 0.500. The SMILES string of the molecule is CCCC(CC)C(=O)N(C)C.CN1CCc2nc(C(N)=O)sc2C1.NC(=O)C(=O)Nc1ccc(Cl)cn1. The molecule has 0 aromatic carbocycles. The van der Waals surface area contributed by atoms with Crippen LogP contribution in [0, 0.1) is 5.92 Å². The lowest BCUT2D eigenvalue weighted by atomic mass is 10.00. The van der Waals surface area contributed by atoms with Crippen molar-refractivity contribution in [1.29, 1.82) is 0 Å². The molecule has 0 fully saturated rings. The van der Waals surface area contributed by atoms with Crippen molar-refractivity contribution >= 4 is 52.4 Å². The van der Waals surface area contributed by atoms with Crippen LogP contribution in [0.5, 0.6) is 0 Å². The molecule has 37 heavy (non-hydrogen) atoms. The molecule has 2 aromatic heterocycles. The lowest BCUT2D eigenvalue weighted by molar-refractivity contribution is -0.134. The normalized spacial score (nSPS) is 13.0. The highest BCUT2D eigenvalue weighted by Gasteiger charge is 2.20. The molecule has 0 radical (unpaired) electrons. The van der Waals surface area contributed by atoms with Crippen LogP contribution in [-0.2, 0) is 27.3 Å². The molecule has 2 aromatic rings. The Kier molecular flexibility index (Phi) is 13.7. The molecule has 1 atom stereocenters. The Morgan fingerprint density at radius 1 is 1.22 bits per heavy atom. The zero-order valence-electron chi connectivity index (χ0n) is 21.9. The van der Waals surface area contributed by atoms with Crippen LogP contribution in [-0.4, -0.2) is 71.1 Å². The van der Waals surface area contributed by atoms with Crippen LogP contribution in [0.4, 0.5) is 5.82 Å². The molecule has 0 bridgehead atoms. The smallest absolute Gasteiger partial charge is 0.314 e. The number of hydrogen-bond donors (Lipinski definition) is 3. The van der Waals surface area contributed by atoms with E-state index in [4.69, 9.17) is 23.1 Å². The standard InChI is InChI=1S/C9H19NO.C8H11N3OS.C7H6ClN3O2/c1-5-7-8(6-2)9(11)10(3)4;1-11-3-2-5-6(4-11)13-8(10-5)7(9)12;8-4-1-2-5(10-3-4)11-7(13)6(9)12/h8H,5-7H2,1-4H3;2-4H2,1H3,(H2,9,12);1-3H,(H2,9,12)(H,10,11,13). The van der Waals surface area contributed by atoms with Gasteiger partial charge in [-0.25, -0.2) is 9.97 Å². The van der Waals surface area contributed by atoms with E-state index in [1.165, 1.54) is 34.5 Å². The van der Waals surface area contributed by atoms with Crippen molar-refractivity contribution < 1.29 is 19.2 Å². The van der Waals surface area contributed by atoms with Gasteiger partial charge in [-0.3, -0.25) is 19.2 Å². The van der Waals surface area contributed by atoms with Gasteiger partial charge in [-0.15, -0.1) is 11.3 Å². The van der Waals surface area contributed by atoms with Gasteiger partial charge in [0.05, 0.1) is 10.7 Å². The average molecular weight is 554 g/mol. The molecule has 1 unspecified atom stereocenters. The van der Waals surface area contributed by atoms with Crippen molar-refractivity contribution in [3.63, 3.8) is 0 Å². The summed E-state index contributed by atoms with van der Waals surface area (Å²) in [6.45, 7) is 6.09. The fourth-order valence-corrected chi connectivity index (χ4v) is 4.42. The summed E-state index contributed by atoms with van der Waals surface area (Å²) in [5.41, 5.74) is 10.9. The van der Waals surface area contributed by atoms with E-state index in [1.54, 1.807) is 4.90 Å². The van der Waals surface area contributed by atoms with Gasteiger partial charge in [0.25, 0.3) is 5.91 Å². The van der Waals surface area contributed by atoms with Gasteiger partial charge < -0.3 is 26.6 Å². The quantitative estimate of drug-likeness (QED) is 0.461. The number of nitrogens with two attached hydrogens (primary N) is 2. The monoisotopic (exact) mass is 553 g/mol. The van der Waals surface area contributed by atoms with Crippen molar-refractivity contribution in [2.24, 2.45) is 17.4 Å². The number of amides is 4. The number of likely N-dealkylation sites (N-methyl/N-ethyl adjacent to an activating group) is 1. The summed E-state index contributed by atoms with van der Waals surface area (Å²) in [6.07, 6.45) is 5.35. The highest BCUT2D eigenvalue weighted by Crippen LogP contribution is 2.23. The first-order valence-electron chi connectivity index (χ1n) is 11.8. The van der Waals surface area contributed by atoms with E-state index >= 15 is 0 Å². The summed E-state index contributed by atoms with van der Waals surface area (Å²) >= 11 is 6.96. The average Bonchev–Trinajstić information content (AvgIpc) is 3.28. The van der Waals surface area contributed by atoms with E-state index in [1.807, 2.05) is 14.1 Å². The van der Waals surface area contributed by atoms with Gasteiger partial charge in [-0.2, -0.15) is 0 Å².